The van der Waals surface area contributed by atoms with Gasteiger partial charge in [0.05, 0.1) is 12.6 Å². The molecule has 1 aromatic carbocycles. The Morgan fingerprint density at radius 2 is 2.13 bits per heavy atom. The summed E-state index contributed by atoms with van der Waals surface area (Å²) >= 11 is 6.95. The van der Waals surface area contributed by atoms with E-state index in [4.69, 9.17) is 4.42 Å². The lowest BCUT2D eigenvalue weighted by Crippen LogP contribution is -1.89. The summed E-state index contributed by atoms with van der Waals surface area (Å²) in [7, 11) is 0. The number of rotatable bonds is 2. The summed E-state index contributed by atoms with van der Waals surface area (Å²) in [5.41, 5.74) is 1.16. The number of hydrogen-bond acceptors (Lipinski definition) is 2. The van der Waals surface area contributed by atoms with Crippen molar-refractivity contribution in [2.75, 3.05) is 0 Å². The number of benzene rings is 1. The average Bonchev–Trinajstić information content (AvgIpc) is 2.58. The molecule has 0 amide bonds. The minimum absolute atomic E-state index is 0.702. The topological polar surface area (TPSA) is 26.0 Å². The van der Waals surface area contributed by atoms with Crippen molar-refractivity contribution in [3.05, 3.63) is 50.6 Å². The first-order chi connectivity index (χ1) is 7.15. The van der Waals surface area contributed by atoms with Crippen molar-refractivity contribution >= 4 is 31.9 Å². The van der Waals surface area contributed by atoms with E-state index in [9.17, 15) is 0 Å². The van der Waals surface area contributed by atoms with E-state index in [0.717, 1.165) is 26.2 Å². The van der Waals surface area contributed by atoms with Gasteiger partial charge in [-0.05, 0) is 30.7 Å². The fraction of sp³-hybridized carbons (Fsp3) is 0.182. The third-order valence-corrected chi connectivity index (χ3v) is 3.29. The zero-order valence-corrected chi connectivity index (χ0v) is 11.3. The largest absolute Gasteiger partial charge is 0.446 e. The van der Waals surface area contributed by atoms with Crippen LogP contribution in [-0.2, 0) is 6.42 Å². The van der Waals surface area contributed by atoms with Crippen LogP contribution in [0.25, 0.3) is 0 Å². The van der Waals surface area contributed by atoms with Crippen LogP contribution in [0.2, 0.25) is 0 Å². The molecule has 2 aromatic rings. The van der Waals surface area contributed by atoms with Crippen LogP contribution < -0.4 is 0 Å². The lowest BCUT2D eigenvalue weighted by Gasteiger charge is -2.02. The Bertz CT molecular complexity index is 479. The van der Waals surface area contributed by atoms with Crippen molar-refractivity contribution in [3.63, 3.8) is 0 Å². The average molecular weight is 331 g/mol. The molecule has 0 unspecified atom stereocenters. The van der Waals surface area contributed by atoms with Crippen molar-refractivity contribution < 1.29 is 4.42 Å². The highest BCUT2D eigenvalue weighted by molar-refractivity contribution is 9.11. The Morgan fingerprint density at radius 3 is 2.80 bits per heavy atom. The number of aromatic nitrogens is 1. The zero-order valence-electron chi connectivity index (χ0n) is 8.13. The molecular formula is C11H9Br2NO. The van der Waals surface area contributed by atoms with Gasteiger partial charge in [-0.25, -0.2) is 4.98 Å². The SMILES string of the molecule is Cc1cnc(Cc2cc(Br)ccc2Br)o1. The molecule has 78 valence electrons. The second kappa shape index (κ2) is 4.49. The molecule has 0 N–H and O–H groups in total. The molecule has 1 heterocycles. The third-order valence-electron chi connectivity index (χ3n) is 2.02. The number of aryl methyl sites for hydroxylation is 1. The smallest absolute Gasteiger partial charge is 0.198 e. The normalized spacial score (nSPS) is 10.6. The van der Waals surface area contributed by atoms with Gasteiger partial charge in [0.1, 0.15) is 5.76 Å². The van der Waals surface area contributed by atoms with Crippen LogP contribution in [0.5, 0.6) is 0 Å². The maximum absolute atomic E-state index is 5.44. The Balaban J connectivity index is 2.27. The van der Waals surface area contributed by atoms with Gasteiger partial charge in [0.15, 0.2) is 5.89 Å². The van der Waals surface area contributed by atoms with Crippen LogP contribution >= 0.6 is 31.9 Å². The summed E-state index contributed by atoms with van der Waals surface area (Å²) in [5.74, 6) is 1.59. The monoisotopic (exact) mass is 329 g/mol. The molecule has 15 heavy (non-hydrogen) atoms. The van der Waals surface area contributed by atoms with Crippen LogP contribution in [0.1, 0.15) is 17.2 Å². The highest BCUT2D eigenvalue weighted by atomic mass is 79.9. The molecule has 0 bridgehead atoms. The molecule has 0 aliphatic rings. The van der Waals surface area contributed by atoms with Crippen molar-refractivity contribution in [2.45, 2.75) is 13.3 Å². The van der Waals surface area contributed by atoms with Crippen LogP contribution in [0.3, 0.4) is 0 Å². The number of oxazole rings is 1. The molecule has 0 atom stereocenters. The van der Waals surface area contributed by atoms with Gasteiger partial charge < -0.3 is 4.42 Å². The Hall–Kier alpha value is -0.610. The predicted molar refractivity (Wildman–Crippen MR) is 65.9 cm³/mol. The van der Waals surface area contributed by atoms with E-state index in [1.165, 1.54) is 0 Å². The van der Waals surface area contributed by atoms with Gasteiger partial charge in [-0.3, -0.25) is 0 Å². The van der Waals surface area contributed by atoms with E-state index in [1.54, 1.807) is 6.20 Å². The third kappa shape index (κ3) is 2.69. The molecule has 0 spiro atoms. The quantitative estimate of drug-likeness (QED) is 0.828. The Labute approximate surface area is 105 Å². The highest BCUT2D eigenvalue weighted by Gasteiger charge is 2.06. The van der Waals surface area contributed by atoms with Crippen molar-refractivity contribution in [1.82, 2.24) is 4.98 Å². The lowest BCUT2D eigenvalue weighted by molar-refractivity contribution is 0.481. The van der Waals surface area contributed by atoms with E-state index >= 15 is 0 Å². The first kappa shape index (κ1) is 10.9. The van der Waals surface area contributed by atoms with Crippen LogP contribution in [0.4, 0.5) is 0 Å². The van der Waals surface area contributed by atoms with Crippen molar-refractivity contribution in [2.24, 2.45) is 0 Å². The van der Waals surface area contributed by atoms with E-state index in [0.29, 0.717) is 6.42 Å². The summed E-state index contributed by atoms with van der Waals surface area (Å²) in [5, 5.41) is 0. The molecule has 2 rings (SSSR count). The van der Waals surface area contributed by atoms with Gasteiger partial charge in [0.2, 0.25) is 0 Å². The molecule has 0 aliphatic heterocycles. The lowest BCUT2D eigenvalue weighted by atomic mass is 10.1. The summed E-state index contributed by atoms with van der Waals surface area (Å²) in [4.78, 5) is 4.18. The molecule has 2 nitrogen and oxygen atoms in total. The van der Waals surface area contributed by atoms with E-state index in [2.05, 4.69) is 42.9 Å². The Morgan fingerprint density at radius 1 is 1.33 bits per heavy atom. The molecule has 1 aromatic heterocycles. The maximum atomic E-state index is 5.44. The standard InChI is InChI=1S/C11H9Br2NO/c1-7-6-14-11(15-7)5-8-4-9(12)2-3-10(8)13/h2-4,6H,5H2,1H3. The summed E-state index contributed by atoms with van der Waals surface area (Å²) in [6.07, 6.45) is 2.44. The van der Waals surface area contributed by atoms with Gasteiger partial charge in [0, 0.05) is 8.95 Å². The van der Waals surface area contributed by atoms with Crippen LogP contribution in [0, 0.1) is 6.92 Å². The fourth-order valence-corrected chi connectivity index (χ4v) is 2.12. The summed E-state index contributed by atoms with van der Waals surface area (Å²) in [6, 6.07) is 6.06. The molecule has 0 saturated carbocycles. The molecule has 4 heteroatoms. The maximum Gasteiger partial charge on any atom is 0.198 e. The minimum atomic E-state index is 0.702. The second-order valence-electron chi connectivity index (χ2n) is 3.28. The van der Waals surface area contributed by atoms with Crippen LogP contribution in [-0.4, -0.2) is 4.98 Å². The van der Waals surface area contributed by atoms with Crippen molar-refractivity contribution in [3.8, 4) is 0 Å². The number of hydrogen-bond donors (Lipinski definition) is 0. The van der Waals surface area contributed by atoms with E-state index in [1.807, 2.05) is 19.1 Å². The fourth-order valence-electron chi connectivity index (χ4n) is 1.32. The number of nitrogens with zero attached hydrogens (tertiary/aromatic N) is 1. The van der Waals surface area contributed by atoms with Gasteiger partial charge in [-0.2, -0.15) is 0 Å². The van der Waals surface area contributed by atoms with E-state index < -0.39 is 0 Å². The molecule has 0 aliphatic carbocycles. The first-order valence-corrected chi connectivity index (χ1v) is 6.09. The predicted octanol–water partition coefficient (Wildman–Crippen LogP) is 4.10. The molecule has 0 saturated heterocycles. The zero-order chi connectivity index (χ0) is 10.8. The highest BCUT2D eigenvalue weighted by Crippen LogP contribution is 2.23. The summed E-state index contributed by atoms with van der Waals surface area (Å²) < 4.78 is 7.57. The van der Waals surface area contributed by atoms with Gasteiger partial charge in [-0.1, -0.05) is 31.9 Å². The van der Waals surface area contributed by atoms with Gasteiger partial charge >= 0.3 is 0 Å². The molecule has 0 radical (unpaired) electrons. The van der Waals surface area contributed by atoms with Crippen molar-refractivity contribution in [1.29, 1.82) is 0 Å². The van der Waals surface area contributed by atoms with Crippen LogP contribution in [0.15, 0.2) is 37.8 Å². The van der Waals surface area contributed by atoms with E-state index in [-0.39, 0.29) is 0 Å². The summed E-state index contributed by atoms with van der Waals surface area (Å²) in [6.45, 7) is 1.90. The molecule has 0 fully saturated rings. The second-order valence-corrected chi connectivity index (χ2v) is 5.05. The van der Waals surface area contributed by atoms with Gasteiger partial charge in [-0.15, -0.1) is 0 Å². The number of halogens is 2. The first-order valence-electron chi connectivity index (χ1n) is 4.50. The molecular weight excluding hydrogens is 322 g/mol. The Kier molecular flexibility index (Phi) is 3.26. The van der Waals surface area contributed by atoms with Gasteiger partial charge in [0.25, 0.3) is 0 Å². The minimum Gasteiger partial charge on any atom is -0.446 e.